The van der Waals surface area contributed by atoms with Gasteiger partial charge in [0.1, 0.15) is 0 Å². The van der Waals surface area contributed by atoms with Crippen molar-refractivity contribution in [1.82, 2.24) is 19.4 Å². The van der Waals surface area contributed by atoms with Crippen LogP contribution in [0.2, 0.25) is 0 Å². The van der Waals surface area contributed by atoms with Gasteiger partial charge in [0.25, 0.3) is 5.91 Å². The van der Waals surface area contributed by atoms with Gasteiger partial charge in [-0.15, -0.1) is 0 Å². The van der Waals surface area contributed by atoms with Crippen molar-refractivity contribution in [2.24, 2.45) is 0 Å². The molecule has 30 heavy (non-hydrogen) atoms. The molecule has 0 saturated heterocycles. The molecule has 1 N–H and O–H groups in total. The van der Waals surface area contributed by atoms with Crippen LogP contribution in [0, 0.1) is 0 Å². The average molecular weight is 427 g/mol. The summed E-state index contributed by atoms with van der Waals surface area (Å²) in [4.78, 5) is 14.4. The molecule has 0 aliphatic heterocycles. The van der Waals surface area contributed by atoms with E-state index in [1.54, 1.807) is 43.6 Å². The number of carbonyl (C=O) groups excluding carboxylic acids is 1. The predicted octanol–water partition coefficient (Wildman–Crippen LogP) is 3.22. The van der Waals surface area contributed by atoms with Crippen LogP contribution in [-0.4, -0.2) is 41.6 Å². The van der Waals surface area contributed by atoms with Crippen molar-refractivity contribution < 1.29 is 13.2 Å². The Balaban J connectivity index is 1.69. The predicted molar refractivity (Wildman–Crippen MR) is 116 cm³/mol. The van der Waals surface area contributed by atoms with Gasteiger partial charge >= 0.3 is 0 Å². The summed E-state index contributed by atoms with van der Waals surface area (Å²) in [5.74, 6) is -0.199. The molecule has 158 valence electrons. The third-order valence-electron chi connectivity index (χ3n) is 4.28. The van der Waals surface area contributed by atoms with Gasteiger partial charge in [-0.05, 0) is 57.2 Å². The number of benzene rings is 2. The van der Waals surface area contributed by atoms with Gasteiger partial charge in [-0.25, -0.2) is 17.8 Å². The Morgan fingerprint density at radius 3 is 2.30 bits per heavy atom. The van der Waals surface area contributed by atoms with Crippen molar-refractivity contribution in [2.45, 2.75) is 37.8 Å². The lowest BCUT2D eigenvalue weighted by molar-refractivity contribution is 0.0785. The highest BCUT2D eigenvalue weighted by Gasteiger charge is 2.22. The van der Waals surface area contributed by atoms with Gasteiger partial charge in [-0.1, -0.05) is 18.2 Å². The van der Waals surface area contributed by atoms with Crippen molar-refractivity contribution in [3.8, 4) is 5.69 Å². The summed E-state index contributed by atoms with van der Waals surface area (Å²) in [5.41, 5.74) is 1.67. The maximum Gasteiger partial charge on any atom is 0.253 e. The van der Waals surface area contributed by atoms with Crippen LogP contribution in [0.1, 0.15) is 36.7 Å². The van der Waals surface area contributed by atoms with Crippen molar-refractivity contribution in [1.29, 1.82) is 0 Å². The Hall–Kier alpha value is -2.97. The highest BCUT2D eigenvalue weighted by molar-refractivity contribution is 7.89. The zero-order chi connectivity index (χ0) is 21.9. The summed E-state index contributed by atoms with van der Waals surface area (Å²) in [7, 11) is -1.94. The van der Waals surface area contributed by atoms with Crippen LogP contribution in [-0.2, 0) is 16.6 Å². The number of hydrogen-bond donors (Lipinski definition) is 1. The first-order valence-electron chi connectivity index (χ1n) is 9.54. The second-order valence-electron chi connectivity index (χ2n) is 8.17. The summed E-state index contributed by atoms with van der Waals surface area (Å²) >= 11 is 0. The number of sulfonamides is 1. The minimum atomic E-state index is -3.64. The SMILES string of the molecule is CN(Cc1cnn(-c2ccccc2)c1)C(=O)c1ccc(S(=O)(=O)NC(C)(C)C)cc1. The smallest absolute Gasteiger partial charge is 0.253 e. The molecule has 1 amide bonds. The molecule has 0 atom stereocenters. The molecule has 0 aliphatic carbocycles. The lowest BCUT2D eigenvalue weighted by Crippen LogP contribution is -2.40. The molecule has 0 saturated carbocycles. The number of carbonyl (C=O) groups is 1. The summed E-state index contributed by atoms with van der Waals surface area (Å²) in [6.07, 6.45) is 3.61. The third-order valence-corrected chi connectivity index (χ3v) is 6.05. The van der Waals surface area contributed by atoms with E-state index in [2.05, 4.69) is 9.82 Å². The van der Waals surface area contributed by atoms with Crippen molar-refractivity contribution in [3.05, 3.63) is 78.1 Å². The highest BCUT2D eigenvalue weighted by atomic mass is 32.2. The van der Waals surface area contributed by atoms with Gasteiger partial charge in [0, 0.05) is 36.5 Å². The lowest BCUT2D eigenvalue weighted by Gasteiger charge is -2.20. The molecule has 7 nitrogen and oxygen atoms in total. The maximum atomic E-state index is 12.7. The quantitative estimate of drug-likeness (QED) is 0.656. The van der Waals surface area contributed by atoms with Gasteiger partial charge < -0.3 is 4.90 Å². The molecule has 3 rings (SSSR count). The fourth-order valence-electron chi connectivity index (χ4n) is 2.97. The average Bonchev–Trinajstić information content (AvgIpc) is 3.15. The molecule has 0 spiro atoms. The number of rotatable bonds is 6. The Morgan fingerprint density at radius 1 is 1.07 bits per heavy atom. The van der Waals surface area contributed by atoms with Gasteiger partial charge in [-0.2, -0.15) is 5.10 Å². The Labute approximate surface area is 177 Å². The number of aromatic nitrogens is 2. The monoisotopic (exact) mass is 426 g/mol. The summed E-state index contributed by atoms with van der Waals surface area (Å²) in [6, 6.07) is 15.7. The lowest BCUT2D eigenvalue weighted by atomic mass is 10.1. The molecule has 2 aromatic carbocycles. The Bertz CT molecular complexity index is 1120. The van der Waals surface area contributed by atoms with E-state index < -0.39 is 15.6 Å². The van der Waals surface area contributed by atoms with Crippen molar-refractivity contribution >= 4 is 15.9 Å². The van der Waals surface area contributed by atoms with Gasteiger partial charge in [0.2, 0.25) is 10.0 Å². The van der Waals surface area contributed by atoms with E-state index in [1.807, 2.05) is 36.5 Å². The summed E-state index contributed by atoms with van der Waals surface area (Å²) < 4.78 is 29.2. The number of amides is 1. The van der Waals surface area contributed by atoms with Gasteiger partial charge in [0.15, 0.2) is 0 Å². The number of para-hydroxylation sites is 1. The van der Waals surface area contributed by atoms with Gasteiger partial charge in [-0.3, -0.25) is 4.79 Å². The molecule has 1 heterocycles. The molecule has 0 unspecified atom stereocenters. The Morgan fingerprint density at radius 2 is 1.70 bits per heavy atom. The highest BCUT2D eigenvalue weighted by Crippen LogP contribution is 2.16. The van der Waals surface area contributed by atoms with E-state index in [0.29, 0.717) is 12.1 Å². The van der Waals surface area contributed by atoms with Crippen LogP contribution >= 0.6 is 0 Å². The molecule has 1 aromatic heterocycles. The summed E-state index contributed by atoms with van der Waals surface area (Å²) in [6.45, 7) is 5.71. The standard InChI is InChI=1S/C22H26N4O3S/c1-22(2,3)24-30(28,29)20-12-10-18(11-13-20)21(27)25(4)15-17-14-23-26(16-17)19-8-6-5-7-9-19/h5-14,16,24H,15H2,1-4H3. The second kappa shape index (κ2) is 8.41. The van der Waals surface area contributed by atoms with Crippen LogP contribution in [0.25, 0.3) is 5.69 Å². The number of nitrogens with zero attached hydrogens (tertiary/aromatic N) is 3. The third kappa shape index (κ3) is 5.34. The molecule has 0 fully saturated rings. The van der Waals surface area contributed by atoms with Gasteiger partial charge in [0.05, 0.1) is 16.8 Å². The molecule has 8 heteroatoms. The first kappa shape index (κ1) is 21.7. The van der Waals surface area contributed by atoms with Crippen LogP contribution in [0.4, 0.5) is 0 Å². The van der Waals surface area contributed by atoms with E-state index in [0.717, 1.165) is 11.3 Å². The molecule has 0 bridgehead atoms. The van der Waals surface area contributed by atoms with Crippen LogP contribution in [0.5, 0.6) is 0 Å². The van der Waals surface area contributed by atoms with E-state index in [9.17, 15) is 13.2 Å². The minimum absolute atomic E-state index is 0.126. The summed E-state index contributed by atoms with van der Waals surface area (Å²) in [5, 5.41) is 4.34. The topological polar surface area (TPSA) is 84.3 Å². The molecule has 0 aliphatic rings. The first-order chi connectivity index (χ1) is 14.0. The number of nitrogens with one attached hydrogen (secondary N) is 1. The maximum absolute atomic E-state index is 12.7. The van der Waals surface area contributed by atoms with E-state index >= 15 is 0 Å². The Kier molecular flexibility index (Phi) is 6.09. The van der Waals surface area contributed by atoms with Crippen LogP contribution in [0.3, 0.4) is 0 Å². The van der Waals surface area contributed by atoms with Crippen LogP contribution in [0.15, 0.2) is 71.9 Å². The van der Waals surface area contributed by atoms with Crippen molar-refractivity contribution in [2.75, 3.05) is 7.05 Å². The molecular weight excluding hydrogens is 400 g/mol. The zero-order valence-corrected chi connectivity index (χ0v) is 18.3. The molecule has 3 aromatic rings. The zero-order valence-electron chi connectivity index (χ0n) is 17.5. The first-order valence-corrected chi connectivity index (χ1v) is 11.0. The van der Waals surface area contributed by atoms with E-state index in [1.165, 1.54) is 24.3 Å². The van der Waals surface area contributed by atoms with Crippen molar-refractivity contribution in [3.63, 3.8) is 0 Å². The fraction of sp³-hybridized carbons (Fsp3) is 0.273. The van der Waals surface area contributed by atoms with E-state index in [4.69, 9.17) is 0 Å². The number of hydrogen-bond acceptors (Lipinski definition) is 4. The molecular formula is C22H26N4O3S. The fourth-order valence-corrected chi connectivity index (χ4v) is 4.39. The minimum Gasteiger partial charge on any atom is -0.337 e. The largest absolute Gasteiger partial charge is 0.337 e. The van der Waals surface area contributed by atoms with E-state index in [-0.39, 0.29) is 10.8 Å². The normalized spacial score (nSPS) is 12.0. The van der Waals surface area contributed by atoms with Crippen LogP contribution < -0.4 is 4.72 Å². The second-order valence-corrected chi connectivity index (χ2v) is 9.85. The molecule has 0 radical (unpaired) electrons.